The van der Waals surface area contributed by atoms with Crippen LogP contribution in [0.1, 0.15) is 32.2 Å². The summed E-state index contributed by atoms with van der Waals surface area (Å²) in [5, 5.41) is 12.2. The summed E-state index contributed by atoms with van der Waals surface area (Å²) in [6.07, 6.45) is 2.43. The van der Waals surface area contributed by atoms with E-state index in [2.05, 4.69) is 16.0 Å². The van der Waals surface area contributed by atoms with Crippen LogP contribution < -0.4 is 15.8 Å². The van der Waals surface area contributed by atoms with Crippen LogP contribution in [0.3, 0.4) is 0 Å². The van der Waals surface area contributed by atoms with Gasteiger partial charge in [0.15, 0.2) is 0 Å². The van der Waals surface area contributed by atoms with E-state index in [4.69, 9.17) is 15.6 Å². The number of nitrogen functional groups attached to an aromatic ring is 1. The number of fused-ring (bicyclic) bond motifs is 1. The molecule has 2 aromatic carbocycles. The summed E-state index contributed by atoms with van der Waals surface area (Å²) >= 11 is 0. The summed E-state index contributed by atoms with van der Waals surface area (Å²) in [4.78, 5) is 10.8. The predicted molar refractivity (Wildman–Crippen MR) is 107 cm³/mol. The zero-order valence-electron chi connectivity index (χ0n) is 15.2. The molecule has 6 heteroatoms. The van der Waals surface area contributed by atoms with Crippen molar-refractivity contribution in [1.29, 1.82) is 0 Å². The fourth-order valence-electron chi connectivity index (χ4n) is 3.73. The average Bonchev–Trinajstić information content (AvgIpc) is 2.87. The topological polar surface area (TPSA) is 89.5 Å². The number of anilines is 2. The van der Waals surface area contributed by atoms with Crippen LogP contribution in [0.25, 0.3) is 22.2 Å². The second-order valence-corrected chi connectivity index (χ2v) is 6.84. The lowest BCUT2D eigenvalue weighted by molar-refractivity contribution is 0.210. The van der Waals surface area contributed by atoms with Gasteiger partial charge in [-0.25, -0.2) is 4.79 Å². The fourth-order valence-corrected chi connectivity index (χ4v) is 3.73. The first-order valence-electron chi connectivity index (χ1n) is 9.25. The van der Waals surface area contributed by atoms with E-state index >= 15 is 0 Å². The van der Waals surface area contributed by atoms with Crippen molar-refractivity contribution >= 4 is 28.4 Å². The van der Waals surface area contributed by atoms with Crippen LogP contribution in [0.15, 0.2) is 42.5 Å². The van der Waals surface area contributed by atoms with Gasteiger partial charge in [-0.1, -0.05) is 12.1 Å². The molecule has 0 bridgehead atoms. The van der Waals surface area contributed by atoms with Crippen molar-refractivity contribution in [1.82, 2.24) is 4.57 Å². The maximum absolute atomic E-state index is 10.8. The molecule has 1 amide bonds. The van der Waals surface area contributed by atoms with E-state index in [0.29, 0.717) is 18.3 Å². The minimum Gasteiger partial charge on any atom is -0.494 e. The van der Waals surface area contributed by atoms with E-state index in [1.807, 2.05) is 31.2 Å². The number of rotatable bonds is 5. The Bertz CT molecular complexity index is 988. The monoisotopic (exact) mass is 365 g/mol. The van der Waals surface area contributed by atoms with Gasteiger partial charge in [-0.05, 0) is 56.5 Å². The van der Waals surface area contributed by atoms with Crippen LogP contribution in [0.4, 0.5) is 16.2 Å². The number of hydrogen-bond donors (Lipinski definition) is 3. The molecule has 4 rings (SSSR count). The summed E-state index contributed by atoms with van der Waals surface area (Å²) in [7, 11) is 0. The van der Waals surface area contributed by atoms with Gasteiger partial charge in [0.1, 0.15) is 5.75 Å². The molecular formula is C21H23N3O3. The Labute approximate surface area is 157 Å². The highest BCUT2D eigenvalue weighted by Gasteiger charge is 2.27. The summed E-state index contributed by atoms with van der Waals surface area (Å²) in [5.41, 5.74) is 10.9. The molecule has 1 fully saturated rings. The fraction of sp³-hybridized carbons (Fsp3) is 0.286. The number of amides is 1. The lowest BCUT2D eigenvalue weighted by Crippen LogP contribution is -2.17. The van der Waals surface area contributed by atoms with Crippen molar-refractivity contribution in [2.45, 2.75) is 32.2 Å². The number of nitrogens with one attached hydrogen (secondary N) is 1. The Hall–Kier alpha value is -3.15. The third-order valence-electron chi connectivity index (χ3n) is 5.17. The Morgan fingerprint density at radius 2 is 2.00 bits per heavy atom. The third kappa shape index (κ3) is 3.07. The lowest BCUT2D eigenvalue weighted by Gasteiger charge is -2.30. The SMILES string of the molecule is CCOc1ccc2c(c1)c(N)c(-c1ccc(NC(=O)O)cc1)n2C1CCC1. The zero-order chi connectivity index (χ0) is 19.0. The molecule has 1 aliphatic carbocycles. The quantitative estimate of drug-likeness (QED) is 0.586. The molecule has 4 N–H and O–H groups in total. The van der Waals surface area contributed by atoms with Crippen molar-refractivity contribution in [2.75, 3.05) is 17.7 Å². The highest BCUT2D eigenvalue weighted by Crippen LogP contribution is 2.44. The molecule has 1 aromatic heterocycles. The van der Waals surface area contributed by atoms with Crippen LogP contribution >= 0.6 is 0 Å². The molecule has 1 saturated carbocycles. The molecule has 27 heavy (non-hydrogen) atoms. The van der Waals surface area contributed by atoms with Gasteiger partial charge in [0.05, 0.1) is 23.5 Å². The van der Waals surface area contributed by atoms with Gasteiger partial charge >= 0.3 is 6.09 Å². The average molecular weight is 365 g/mol. The van der Waals surface area contributed by atoms with E-state index < -0.39 is 6.09 Å². The molecule has 1 heterocycles. The number of carbonyl (C=O) groups is 1. The molecule has 1 aliphatic rings. The van der Waals surface area contributed by atoms with E-state index in [1.54, 1.807) is 12.1 Å². The van der Waals surface area contributed by atoms with Crippen molar-refractivity contribution in [3.05, 3.63) is 42.5 Å². The van der Waals surface area contributed by atoms with Gasteiger partial charge in [0, 0.05) is 22.7 Å². The first kappa shape index (κ1) is 17.3. The first-order chi connectivity index (χ1) is 13.1. The first-order valence-corrected chi connectivity index (χ1v) is 9.25. The normalized spacial score (nSPS) is 14.1. The lowest BCUT2D eigenvalue weighted by atomic mass is 9.92. The largest absolute Gasteiger partial charge is 0.494 e. The second-order valence-electron chi connectivity index (χ2n) is 6.84. The molecule has 0 spiro atoms. The standard InChI is InChI=1S/C21H23N3O3/c1-2-27-16-10-11-18-17(12-16)19(22)20(24(18)15-4-3-5-15)13-6-8-14(9-7-13)23-21(25)26/h6-12,15,23H,2-5,22H2,1H3,(H,25,26). The minimum atomic E-state index is -1.07. The van der Waals surface area contributed by atoms with Gasteiger partial charge < -0.3 is 20.1 Å². The number of ether oxygens (including phenoxy) is 1. The van der Waals surface area contributed by atoms with E-state index in [9.17, 15) is 4.79 Å². The molecular weight excluding hydrogens is 342 g/mol. The minimum absolute atomic E-state index is 0.439. The van der Waals surface area contributed by atoms with Crippen LogP contribution in [0.2, 0.25) is 0 Å². The van der Waals surface area contributed by atoms with Crippen LogP contribution in [-0.2, 0) is 0 Å². The number of benzene rings is 2. The van der Waals surface area contributed by atoms with Crippen molar-refractivity contribution < 1.29 is 14.6 Å². The molecule has 0 saturated heterocycles. The van der Waals surface area contributed by atoms with Crippen molar-refractivity contribution in [3.8, 4) is 17.0 Å². The molecule has 3 aromatic rings. The summed E-state index contributed by atoms with van der Waals surface area (Å²) in [6, 6.07) is 13.9. The third-order valence-corrected chi connectivity index (χ3v) is 5.17. The summed E-state index contributed by atoms with van der Waals surface area (Å²) < 4.78 is 7.99. The van der Waals surface area contributed by atoms with Crippen molar-refractivity contribution in [2.24, 2.45) is 0 Å². The highest BCUT2D eigenvalue weighted by molar-refractivity contribution is 6.02. The Balaban J connectivity index is 1.85. The maximum Gasteiger partial charge on any atom is 0.409 e. The molecule has 0 unspecified atom stereocenters. The number of aromatic nitrogens is 1. The predicted octanol–water partition coefficient (Wildman–Crippen LogP) is 5.10. The molecule has 0 aliphatic heterocycles. The maximum atomic E-state index is 10.8. The van der Waals surface area contributed by atoms with Crippen molar-refractivity contribution in [3.63, 3.8) is 0 Å². The summed E-state index contributed by atoms with van der Waals surface area (Å²) in [6.45, 7) is 2.57. The molecule has 6 nitrogen and oxygen atoms in total. The van der Waals surface area contributed by atoms with E-state index in [1.165, 1.54) is 6.42 Å². The van der Waals surface area contributed by atoms with E-state index in [0.717, 1.165) is 46.4 Å². The Morgan fingerprint density at radius 1 is 1.26 bits per heavy atom. The van der Waals surface area contributed by atoms with Gasteiger partial charge in [-0.2, -0.15) is 0 Å². The van der Waals surface area contributed by atoms with Gasteiger partial charge in [0.2, 0.25) is 0 Å². The van der Waals surface area contributed by atoms with Crippen LogP contribution in [0, 0.1) is 0 Å². The smallest absolute Gasteiger partial charge is 0.409 e. The highest BCUT2D eigenvalue weighted by atomic mass is 16.5. The number of nitrogens with zero attached hydrogens (tertiary/aromatic N) is 1. The van der Waals surface area contributed by atoms with Gasteiger partial charge in [-0.15, -0.1) is 0 Å². The number of nitrogens with two attached hydrogens (primary N) is 1. The number of hydrogen-bond acceptors (Lipinski definition) is 3. The summed E-state index contributed by atoms with van der Waals surface area (Å²) in [5.74, 6) is 0.815. The van der Waals surface area contributed by atoms with E-state index in [-0.39, 0.29) is 0 Å². The molecule has 0 atom stereocenters. The van der Waals surface area contributed by atoms with Gasteiger partial charge in [-0.3, -0.25) is 5.32 Å². The molecule has 140 valence electrons. The van der Waals surface area contributed by atoms with Crippen LogP contribution in [0.5, 0.6) is 5.75 Å². The number of carboxylic acid groups (broad SMARTS) is 1. The zero-order valence-corrected chi connectivity index (χ0v) is 15.2. The van der Waals surface area contributed by atoms with Gasteiger partial charge in [0.25, 0.3) is 0 Å². The molecule has 0 radical (unpaired) electrons. The van der Waals surface area contributed by atoms with Crippen LogP contribution in [-0.4, -0.2) is 22.4 Å². The Kier molecular flexibility index (Phi) is 4.39. The Morgan fingerprint density at radius 3 is 2.59 bits per heavy atom. The second kappa shape index (κ2) is 6.87.